The summed E-state index contributed by atoms with van der Waals surface area (Å²) in [6.45, 7) is 6.65. The van der Waals surface area contributed by atoms with Gasteiger partial charge in [0.15, 0.2) is 5.82 Å². The molecule has 128 valence electrons. The standard InChI is InChI=1S/C17H23N5OS/c1-5-19-16(23)20-12-8-6-11(7-9-12)15-21-13(10-14(18)22-15)17(2,3)24-4/h6-10H,5H2,1-4H3,(H2,18,21,22)(H2,19,20,23). The molecule has 0 spiro atoms. The molecule has 0 aliphatic carbocycles. The predicted molar refractivity (Wildman–Crippen MR) is 101 cm³/mol. The lowest BCUT2D eigenvalue weighted by Gasteiger charge is -2.22. The number of nitrogens with two attached hydrogens (primary N) is 1. The molecule has 1 aromatic heterocycles. The van der Waals surface area contributed by atoms with Gasteiger partial charge in [0.25, 0.3) is 0 Å². The fourth-order valence-corrected chi connectivity index (χ4v) is 2.36. The number of nitrogen functional groups attached to an aromatic ring is 1. The first kappa shape index (κ1) is 18.1. The van der Waals surface area contributed by atoms with Crippen LogP contribution in [0.5, 0.6) is 0 Å². The zero-order valence-corrected chi connectivity index (χ0v) is 15.2. The maximum atomic E-state index is 11.5. The van der Waals surface area contributed by atoms with Crippen LogP contribution in [-0.2, 0) is 4.75 Å². The number of benzene rings is 1. The normalized spacial score (nSPS) is 11.2. The summed E-state index contributed by atoms with van der Waals surface area (Å²) in [5.74, 6) is 1.03. The van der Waals surface area contributed by atoms with E-state index in [9.17, 15) is 4.79 Å². The number of amides is 2. The summed E-state index contributed by atoms with van der Waals surface area (Å²) in [5, 5.41) is 5.44. The van der Waals surface area contributed by atoms with Gasteiger partial charge in [-0.1, -0.05) is 0 Å². The number of nitrogens with one attached hydrogen (secondary N) is 2. The van der Waals surface area contributed by atoms with Gasteiger partial charge >= 0.3 is 6.03 Å². The highest BCUT2D eigenvalue weighted by Gasteiger charge is 2.22. The summed E-state index contributed by atoms with van der Waals surface area (Å²) >= 11 is 1.71. The molecule has 2 aromatic rings. The Morgan fingerprint density at radius 2 is 1.92 bits per heavy atom. The number of carbonyl (C=O) groups excluding carboxylic acids is 1. The Labute approximate surface area is 146 Å². The van der Waals surface area contributed by atoms with Gasteiger partial charge in [0, 0.05) is 23.9 Å². The minimum Gasteiger partial charge on any atom is -0.384 e. The molecule has 0 atom stereocenters. The lowest BCUT2D eigenvalue weighted by Crippen LogP contribution is -2.28. The van der Waals surface area contributed by atoms with Gasteiger partial charge in [-0.15, -0.1) is 0 Å². The maximum Gasteiger partial charge on any atom is 0.319 e. The fraction of sp³-hybridized carbons (Fsp3) is 0.353. The van der Waals surface area contributed by atoms with Gasteiger partial charge in [-0.2, -0.15) is 11.8 Å². The van der Waals surface area contributed by atoms with Crippen molar-refractivity contribution in [3.05, 3.63) is 36.0 Å². The summed E-state index contributed by atoms with van der Waals surface area (Å²) in [6.07, 6.45) is 2.04. The third-order valence-corrected chi connectivity index (χ3v) is 4.84. The fourth-order valence-electron chi connectivity index (χ4n) is 2.05. The molecule has 7 heteroatoms. The molecule has 0 saturated heterocycles. The van der Waals surface area contributed by atoms with Gasteiger partial charge in [-0.05, 0) is 51.3 Å². The SMILES string of the molecule is CCNC(=O)Nc1ccc(-c2nc(N)cc(C(C)(C)SC)n2)cc1. The molecular formula is C17H23N5OS. The van der Waals surface area contributed by atoms with Crippen molar-refractivity contribution in [3.63, 3.8) is 0 Å². The van der Waals surface area contributed by atoms with Crippen LogP contribution in [0.3, 0.4) is 0 Å². The minimum atomic E-state index is -0.227. The molecule has 6 nitrogen and oxygen atoms in total. The van der Waals surface area contributed by atoms with Crippen molar-refractivity contribution in [2.24, 2.45) is 0 Å². The molecule has 0 radical (unpaired) electrons. The Hall–Kier alpha value is -2.28. The highest BCUT2D eigenvalue weighted by atomic mass is 32.2. The van der Waals surface area contributed by atoms with E-state index in [4.69, 9.17) is 5.73 Å². The van der Waals surface area contributed by atoms with Gasteiger partial charge in [0.2, 0.25) is 0 Å². The molecule has 1 aromatic carbocycles. The Balaban J connectivity index is 2.27. The lowest BCUT2D eigenvalue weighted by atomic mass is 10.1. The van der Waals surface area contributed by atoms with Gasteiger partial charge in [-0.25, -0.2) is 14.8 Å². The van der Waals surface area contributed by atoms with Crippen LogP contribution in [0.2, 0.25) is 0 Å². The number of nitrogens with zero attached hydrogens (tertiary/aromatic N) is 2. The second-order valence-electron chi connectivity index (χ2n) is 5.78. The molecule has 24 heavy (non-hydrogen) atoms. The van der Waals surface area contributed by atoms with Crippen LogP contribution in [0.1, 0.15) is 26.5 Å². The lowest BCUT2D eigenvalue weighted by molar-refractivity contribution is 0.252. The monoisotopic (exact) mass is 345 g/mol. The minimum absolute atomic E-state index is 0.147. The Morgan fingerprint density at radius 1 is 1.25 bits per heavy atom. The topological polar surface area (TPSA) is 92.9 Å². The average molecular weight is 345 g/mol. The van der Waals surface area contributed by atoms with E-state index < -0.39 is 0 Å². The first-order chi connectivity index (χ1) is 11.4. The predicted octanol–water partition coefficient (Wildman–Crippen LogP) is 3.47. The zero-order valence-electron chi connectivity index (χ0n) is 14.4. The smallest absolute Gasteiger partial charge is 0.319 e. The summed E-state index contributed by atoms with van der Waals surface area (Å²) in [6, 6.07) is 8.95. The number of rotatable bonds is 5. The zero-order chi connectivity index (χ0) is 17.7. The first-order valence-electron chi connectivity index (χ1n) is 7.71. The van der Waals surface area contributed by atoms with Crippen LogP contribution in [0, 0.1) is 0 Å². The van der Waals surface area contributed by atoms with Gasteiger partial charge in [0.1, 0.15) is 5.82 Å². The third-order valence-electron chi connectivity index (χ3n) is 3.61. The van der Waals surface area contributed by atoms with Gasteiger partial charge in [-0.3, -0.25) is 0 Å². The average Bonchev–Trinajstić information content (AvgIpc) is 2.55. The van der Waals surface area contributed by atoms with E-state index in [0.29, 0.717) is 23.9 Å². The van der Waals surface area contributed by atoms with Crippen molar-refractivity contribution in [1.82, 2.24) is 15.3 Å². The molecule has 1 heterocycles. The maximum absolute atomic E-state index is 11.5. The molecule has 0 unspecified atom stereocenters. The van der Waals surface area contributed by atoms with Crippen molar-refractivity contribution in [1.29, 1.82) is 0 Å². The molecular weight excluding hydrogens is 322 g/mol. The third kappa shape index (κ3) is 4.38. The summed E-state index contributed by atoms with van der Waals surface area (Å²) < 4.78 is -0.147. The van der Waals surface area contributed by atoms with E-state index in [2.05, 4.69) is 34.4 Å². The quantitative estimate of drug-likeness (QED) is 0.771. The highest BCUT2D eigenvalue weighted by molar-refractivity contribution is 7.99. The van der Waals surface area contributed by atoms with Crippen LogP contribution in [0.25, 0.3) is 11.4 Å². The number of aromatic nitrogens is 2. The van der Waals surface area contributed by atoms with E-state index in [-0.39, 0.29) is 10.8 Å². The van der Waals surface area contributed by atoms with Gasteiger partial charge in [0.05, 0.1) is 10.4 Å². The molecule has 0 bridgehead atoms. The molecule has 4 N–H and O–H groups in total. The van der Waals surface area contributed by atoms with E-state index in [1.54, 1.807) is 11.8 Å². The molecule has 0 aliphatic heterocycles. The summed E-state index contributed by atoms with van der Waals surface area (Å²) in [4.78, 5) is 20.5. The molecule has 2 amide bonds. The largest absolute Gasteiger partial charge is 0.384 e. The van der Waals surface area contributed by atoms with Crippen molar-refractivity contribution in [2.75, 3.05) is 23.9 Å². The van der Waals surface area contributed by atoms with Crippen molar-refractivity contribution in [2.45, 2.75) is 25.5 Å². The Morgan fingerprint density at radius 3 is 2.50 bits per heavy atom. The van der Waals surface area contributed by atoms with E-state index in [1.165, 1.54) is 0 Å². The molecule has 2 rings (SSSR count). The number of hydrogen-bond acceptors (Lipinski definition) is 5. The molecule has 0 saturated carbocycles. The van der Waals surface area contributed by atoms with E-state index in [1.807, 2.05) is 43.5 Å². The van der Waals surface area contributed by atoms with E-state index >= 15 is 0 Å². The molecule has 0 fully saturated rings. The Kier molecular flexibility index (Phi) is 5.66. The van der Waals surface area contributed by atoms with E-state index in [0.717, 1.165) is 11.3 Å². The number of anilines is 2. The number of carbonyl (C=O) groups is 1. The van der Waals surface area contributed by atoms with Crippen LogP contribution in [0.4, 0.5) is 16.3 Å². The molecule has 0 aliphatic rings. The van der Waals surface area contributed by atoms with Crippen molar-refractivity contribution < 1.29 is 4.79 Å². The van der Waals surface area contributed by atoms with Crippen LogP contribution in [-0.4, -0.2) is 28.8 Å². The van der Waals surface area contributed by atoms with Gasteiger partial charge < -0.3 is 16.4 Å². The number of urea groups is 1. The Bertz CT molecular complexity index is 715. The summed E-state index contributed by atoms with van der Waals surface area (Å²) in [5.41, 5.74) is 8.40. The summed E-state index contributed by atoms with van der Waals surface area (Å²) in [7, 11) is 0. The second-order valence-corrected chi connectivity index (χ2v) is 7.21. The highest BCUT2D eigenvalue weighted by Crippen LogP contribution is 2.34. The van der Waals surface area contributed by atoms with Crippen molar-refractivity contribution in [3.8, 4) is 11.4 Å². The number of thioether (sulfide) groups is 1. The first-order valence-corrected chi connectivity index (χ1v) is 8.93. The number of hydrogen-bond donors (Lipinski definition) is 3. The van der Waals surface area contributed by atoms with Crippen LogP contribution < -0.4 is 16.4 Å². The van der Waals surface area contributed by atoms with Crippen LogP contribution >= 0.6 is 11.8 Å². The van der Waals surface area contributed by atoms with Crippen LogP contribution in [0.15, 0.2) is 30.3 Å². The second kappa shape index (κ2) is 7.53. The van der Waals surface area contributed by atoms with Crippen molar-refractivity contribution >= 4 is 29.3 Å².